The van der Waals surface area contributed by atoms with Gasteiger partial charge in [-0.1, -0.05) is 153 Å². The molecule has 214 valence electrons. The van der Waals surface area contributed by atoms with Gasteiger partial charge in [-0.25, -0.2) is 0 Å². The maximum Gasteiger partial charge on any atom is 0.0786 e. The fraction of sp³-hybridized carbons (Fsp3) is 0.114. The standard InChI is InChI=1S/C44H33N/c1-44(2)38-22-12-10-17-31(38)32-25-24-29(26-39(32)44)30-16-6-7-18-33(30)42-35-20-9-8-19-34(35)41(28-14-4-3-5-15-28)43-36-21-11-13-23-40(36)45-27-37(42)43/h3-27,36,40H,1-2H3. The molecule has 0 bridgehead atoms. The van der Waals surface area contributed by atoms with Crippen molar-refractivity contribution in [2.24, 2.45) is 4.99 Å². The third kappa shape index (κ3) is 3.83. The number of hydrogen-bond acceptors (Lipinski definition) is 1. The smallest absolute Gasteiger partial charge is 0.0786 e. The summed E-state index contributed by atoms with van der Waals surface area (Å²) in [7, 11) is 0. The molecule has 9 rings (SSSR count). The van der Waals surface area contributed by atoms with Gasteiger partial charge < -0.3 is 0 Å². The van der Waals surface area contributed by atoms with Crippen molar-refractivity contribution < 1.29 is 0 Å². The summed E-state index contributed by atoms with van der Waals surface area (Å²) in [6, 6.07) is 44.9. The highest BCUT2D eigenvalue weighted by molar-refractivity contribution is 6.15. The van der Waals surface area contributed by atoms with E-state index in [-0.39, 0.29) is 17.4 Å². The number of aliphatic imine (C=N–C) groups is 1. The summed E-state index contributed by atoms with van der Waals surface area (Å²) in [5, 5.41) is 2.55. The average molecular weight is 576 g/mol. The van der Waals surface area contributed by atoms with E-state index in [4.69, 9.17) is 4.99 Å². The van der Waals surface area contributed by atoms with Crippen molar-refractivity contribution in [3.63, 3.8) is 0 Å². The van der Waals surface area contributed by atoms with Crippen molar-refractivity contribution in [3.05, 3.63) is 168 Å². The SMILES string of the molecule is CC1(C)c2ccccc2-c2ccc(-c3ccccc3-c3c4c(c(-c5ccccc5)c5ccccc35)C3C=CC=CC3N=C4)cc21. The number of nitrogens with zero attached hydrogens (tertiary/aromatic N) is 1. The molecule has 0 radical (unpaired) electrons. The van der Waals surface area contributed by atoms with Crippen molar-refractivity contribution in [1.82, 2.24) is 0 Å². The topological polar surface area (TPSA) is 12.4 Å². The zero-order valence-corrected chi connectivity index (χ0v) is 25.5. The summed E-state index contributed by atoms with van der Waals surface area (Å²) in [5.74, 6) is 0.181. The zero-order valence-electron chi connectivity index (χ0n) is 25.5. The van der Waals surface area contributed by atoms with Crippen molar-refractivity contribution in [1.29, 1.82) is 0 Å². The number of hydrogen-bond donors (Lipinski definition) is 0. The van der Waals surface area contributed by atoms with Gasteiger partial charge in [-0.05, 0) is 78.0 Å². The molecule has 0 fully saturated rings. The minimum atomic E-state index is -0.0530. The van der Waals surface area contributed by atoms with E-state index < -0.39 is 0 Å². The van der Waals surface area contributed by atoms with Crippen molar-refractivity contribution in [2.45, 2.75) is 31.2 Å². The first-order valence-electron chi connectivity index (χ1n) is 16.0. The van der Waals surface area contributed by atoms with Gasteiger partial charge in [0.15, 0.2) is 0 Å². The molecular weight excluding hydrogens is 542 g/mol. The van der Waals surface area contributed by atoms with Gasteiger partial charge in [-0.2, -0.15) is 0 Å². The zero-order chi connectivity index (χ0) is 30.1. The van der Waals surface area contributed by atoms with Crippen LogP contribution in [0.2, 0.25) is 0 Å². The Balaban J connectivity index is 1.34. The van der Waals surface area contributed by atoms with Crippen LogP contribution in [0.1, 0.15) is 42.0 Å². The summed E-state index contributed by atoms with van der Waals surface area (Å²) >= 11 is 0. The Labute approximate surface area is 264 Å². The van der Waals surface area contributed by atoms with Crippen LogP contribution in [0.4, 0.5) is 0 Å². The van der Waals surface area contributed by atoms with Crippen molar-refractivity contribution in [2.75, 3.05) is 0 Å². The number of rotatable bonds is 3. The van der Waals surface area contributed by atoms with E-state index in [0.29, 0.717) is 0 Å². The molecule has 2 atom stereocenters. The molecule has 6 aromatic carbocycles. The predicted octanol–water partition coefficient (Wildman–Crippen LogP) is 11.2. The molecule has 1 heteroatoms. The first kappa shape index (κ1) is 26.2. The van der Waals surface area contributed by atoms with Crippen LogP contribution >= 0.6 is 0 Å². The quantitative estimate of drug-likeness (QED) is 0.199. The molecule has 0 saturated carbocycles. The molecule has 0 spiro atoms. The Bertz CT molecular complexity index is 2250. The van der Waals surface area contributed by atoms with Crippen LogP contribution in [0.5, 0.6) is 0 Å². The van der Waals surface area contributed by atoms with Gasteiger partial charge in [0.1, 0.15) is 0 Å². The van der Waals surface area contributed by atoms with Crippen LogP contribution in [-0.4, -0.2) is 12.3 Å². The lowest BCUT2D eigenvalue weighted by Gasteiger charge is -2.32. The van der Waals surface area contributed by atoms with Gasteiger partial charge in [-0.15, -0.1) is 0 Å². The summed E-state index contributed by atoms with van der Waals surface area (Å²) in [6.07, 6.45) is 11.1. The summed E-state index contributed by atoms with van der Waals surface area (Å²) in [5.41, 5.74) is 15.6. The van der Waals surface area contributed by atoms with Gasteiger partial charge in [0.25, 0.3) is 0 Å². The first-order chi connectivity index (χ1) is 22.1. The van der Waals surface area contributed by atoms with E-state index >= 15 is 0 Å². The third-order valence-corrected chi connectivity index (χ3v) is 10.3. The van der Waals surface area contributed by atoms with E-state index in [9.17, 15) is 0 Å². The van der Waals surface area contributed by atoms with Crippen LogP contribution in [0.3, 0.4) is 0 Å². The Kier molecular flexibility index (Phi) is 5.74. The maximum atomic E-state index is 5.15. The van der Waals surface area contributed by atoms with Crippen LogP contribution in [-0.2, 0) is 5.41 Å². The molecule has 6 aromatic rings. The lowest BCUT2D eigenvalue weighted by atomic mass is 9.74. The highest BCUT2D eigenvalue weighted by Crippen LogP contribution is 2.52. The molecule has 2 aliphatic carbocycles. The van der Waals surface area contributed by atoms with E-state index in [0.717, 1.165) is 0 Å². The van der Waals surface area contributed by atoms with Crippen molar-refractivity contribution >= 4 is 17.0 Å². The molecule has 1 heterocycles. The minimum Gasteiger partial charge on any atom is -0.284 e. The van der Waals surface area contributed by atoms with Crippen LogP contribution in [0.25, 0.3) is 55.3 Å². The second-order valence-corrected chi connectivity index (χ2v) is 13.0. The fourth-order valence-corrected chi connectivity index (χ4v) is 8.16. The third-order valence-electron chi connectivity index (χ3n) is 10.3. The van der Waals surface area contributed by atoms with Gasteiger partial charge in [0, 0.05) is 23.1 Å². The molecule has 0 aromatic heterocycles. The maximum absolute atomic E-state index is 5.15. The summed E-state index contributed by atoms with van der Waals surface area (Å²) in [6.45, 7) is 4.72. The monoisotopic (exact) mass is 575 g/mol. The molecular formula is C44H33N. The Morgan fingerprint density at radius 1 is 0.533 bits per heavy atom. The Hall–Kier alpha value is -5.27. The Morgan fingerprint density at radius 3 is 2.00 bits per heavy atom. The Morgan fingerprint density at radius 2 is 1.18 bits per heavy atom. The van der Waals surface area contributed by atoms with Gasteiger partial charge in [0.05, 0.1) is 6.04 Å². The summed E-state index contributed by atoms with van der Waals surface area (Å²) < 4.78 is 0. The minimum absolute atomic E-state index is 0.0530. The second kappa shape index (κ2) is 9.87. The van der Waals surface area contributed by atoms with Gasteiger partial charge >= 0.3 is 0 Å². The molecule has 0 amide bonds. The number of allylic oxidation sites excluding steroid dienone is 2. The normalized spacial score (nSPS) is 18.4. The number of benzene rings is 6. The average Bonchev–Trinajstić information content (AvgIpc) is 3.33. The molecule has 2 unspecified atom stereocenters. The number of fused-ring (bicyclic) bond motifs is 7. The molecule has 0 saturated heterocycles. The highest BCUT2D eigenvalue weighted by Gasteiger charge is 2.36. The first-order valence-corrected chi connectivity index (χ1v) is 16.0. The predicted molar refractivity (Wildman–Crippen MR) is 190 cm³/mol. The lowest BCUT2D eigenvalue weighted by molar-refractivity contribution is 0.660. The second-order valence-electron chi connectivity index (χ2n) is 13.0. The molecule has 0 N–H and O–H groups in total. The molecule has 1 aliphatic heterocycles. The van der Waals surface area contributed by atoms with E-state index in [2.05, 4.69) is 166 Å². The highest BCUT2D eigenvalue weighted by atomic mass is 14.8. The van der Waals surface area contributed by atoms with E-state index in [1.54, 1.807) is 0 Å². The largest absolute Gasteiger partial charge is 0.284 e. The summed E-state index contributed by atoms with van der Waals surface area (Å²) in [4.78, 5) is 5.15. The van der Waals surface area contributed by atoms with Crippen molar-refractivity contribution in [3.8, 4) is 44.5 Å². The molecule has 45 heavy (non-hydrogen) atoms. The molecule has 3 aliphatic rings. The van der Waals surface area contributed by atoms with E-state index in [1.165, 1.54) is 77.5 Å². The lowest BCUT2D eigenvalue weighted by Crippen LogP contribution is -2.22. The van der Waals surface area contributed by atoms with Crippen LogP contribution < -0.4 is 0 Å². The van der Waals surface area contributed by atoms with E-state index in [1.807, 2.05) is 0 Å². The fourth-order valence-electron chi connectivity index (χ4n) is 8.16. The van der Waals surface area contributed by atoms with Gasteiger partial charge in [0.2, 0.25) is 0 Å². The van der Waals surface area contributed by atoms with Crippen LogP contribution in [0.15, 0.2) is 151 Å². The molecule has 1 nitrogen and oxygen atoms in total. The van der Waals surface area contributed by atoms with Crippen LogP contribution in [0, 0.1) is 0 Å². The van der Waals surface area contributed by atoms with Gasteiger partial charge in [-0.3, -0.25) is 4.99 Å².